The number of hydrogen-bond acceptors (Lipinski definition) is 3. The van der Waals surface area contributed by atoms with Gasteiger partial charge in [-0.05, 0) is 75.5 Å². The minimum atomic E-state index is 0.00220. The number of carbonyl (C=O) groups is 1. The van der Waals surface area contributed by atoms with Gasteiger partial charge < -0.3 is 15.0 Å². The van der Waals surface area contributed by atoms with E-state index in [4.69, 9.17) is 4.74 Å². The van der Waals surface area contributed by atoms with Crippen molar-refractivity contribution in [2.45, 2.75) is 46.0 Å². The first-order valence-corrected chi connectivity index (χ1v) is 9.38. The fourth-order valence-corrected chi connectivity index (χ4v) is 2.90. The number of hydrogen-bond donors (Lipinski definition) is 1. The van der Waals surface area contributed by atoms with Gasteiger partial charge in [-0.15, -0.1) is 0 Å². The molecule has 24 heavy (non-hydrogen) atoms. The van der Waals surface area contributed by atoms with Crippen LogP contribution in [0, 0.1) is 5.92 Å². The first kappa shape index (κ1) is 18.8. The molecule has 0 aliphatic carbocycles. The second-order valence-corrected chi connectivity index (χ2v) is 7.07. The molecule has 1 aliphatic rings. The summed E-state index contributed by atoms with van der Waals surface area (Å²) in [7, 11) is 0. The average Bonchev–Trinajstić information content (AvgIpc) is 2.60. The number of benzene rings is 1. The second kappa shape index (κ2) is 10.3. The first-order chi connectivity index (χ1) is 11.6. The summed E-state index contributed by atoms with van der Waals surface area (Å²) < 4.78 is 5.68. The fourth-order valence-electron chi connectivity index (χ4n) is 2.90. The van der Waals surface area contributed by atoms with E-state index in [1.54, 1.807) is 0 Å². The summed E-state index contributed by atoms with van der Waals surface area (Å²) in [5.41, 5.74) is 0.698. The van der Waals surface area contributed by atoms with E-state index in [0.29, 0.717) is 11.5 Å². The van der Waals surface area contributed by atoms with Crippen molar-refractivity contribution in [2.75, 3.05) is 32.8 Å². The highest BCUT2D eigenvalue weighted by Gasteiger charge is 2.10. The molecule has 0 radical (unpaired) electrons. The van der Waals surface area contributed by atoms with Crippen LogP contribution in [0.25, 0.3) is 0 Å². The van der Waals surface area contributed by atoms with E-state index in [-0.39, 0.29) is 5.91 Å². The van der Waals surface area contributed by atoms with Crippen molar-refractivity contribution in [1.29, 1.82) is 0 Å². The third-order valence-corrected chi connectivity index (χ3v) is 4.47. The number of ether oxygens (including phenoxy) is 1. The zero-order valence-corrected chi connectivity index (χ0v) is 15.2. The summed E-state index contributed by atoms with van der Waals surface area (Å²) >= 11 is 0. The lowest BCUT2D eigenvalue weighted by molar-refractivity contribution is 0.0951. The highest BCUT2D eigenvalue weighted by Crippen LogP contribution is 2.13. The first-order valence-electron chi connectivity index (χ1n) is 9.38. The van der Waals surface area contributed by atoms with Gasteiger partial charge in [-0.1, -0.05) is 20.3 Å². The zero-order valence-electron chi connectivity index (χ0n) is 15.2. The predicted octanol–water partition coefficient (Wildman–Crippen LogP) is 3.72. The predicted molar refractivity (Wildman–Crippen MR) is 98.6 cm³/mol. The van der Waals surface area contributed by atoms with Crippen molar-refractivity contribution in [2.24, 2.45) is 5.92 Å². The Balaban J connectivity index is 1.64. The molecule has 4 heteroatoms. The quantitative estimate of drug-likeness (QED) is 0.701. The zero-order chi connectivity index (χ0) is 17.2. The van der Waals surface area contributed by atoms with Gasteiger partial charge in [0.25, 0.3) is 5.91 Å². The number of likely N-dealkylation sites (tertiary alicyclic amines) is 1. The van der Waals surface area contributed by atoms with Crippen molar-refractivity contribution < 1.29 is 9.53 Å². The normalized spacial score (nSPS) is 15.5. The van der Waals surface area contributed by atoms with Crippen molar-refractivity contribution >= 4 is 5.91 Å². The molecular weight excluding hydrogens is 300 g/mol. The van der Waals surface area contributed by atoms with Crippen LogP contribution in [0.15, 0.2) is 24.3 Å². The van der Waals surface area contributed by atoms with Crippen molar-refractivity contribution in [3.05, 3.63) is 29.8 Å². The fraction of sp³-hybridized carbons (Fsp3) is 0.650. The maximum atomic E-state index is 12.1. The largest absolute Gasteiger partial charge is 0.494 e. The number of amides is 1. The lowest BCUT2D eigenvalue weighted by Crippen LogP contribution is -2.33. The summed E-state index contributed by atoms with van der Waals surface area (Å²) in [6, 6.07) is 7.43. The summed E-state index contributed by atoms with van der Waals surface area (Å²) in [5.74, 6) is 1.47. The second-order valence-electron chi connectivity index (χ2n) is 7.07. The molecule has 1 saturated heterocycles. The van der Waals surface area contributed by atoms with E-state index < -0.39 is 0 Å². The van der Waals surface area contributed by atoms with Gasteiger partial charge in [0.15, 0.2) is 0 Å². The third kappa shape index (κ3) is 6.91. The van der Waals surface area contributed by atoms with Gasteiger partial charge in [0.05, 0.1) is 6.61 Å². The van der Waals surface area contributed by atoms with Crippen molar-refractivity contribution in [1.82, 2.24) is 10.2 Å². The molecule has 0 unspecified atom stereocenters. The van der Waals surface area contributed by atoms with E-state index in [2.05, 4.69) is 24.1 Å². The van der Waals surface area contributed by atoms with Crippen LogP contribution >= 0.6 is 0 Å². The summed E-state index contributed by atoms with van der Waals surface area (Å²) in [4.78, 5) is 14.6. The monoisotopic (exact) mass is 332 g/mol. The molecular formula is C20H32N2O2. The molecule has 4 nitrogen and oxygen atoms in total. The van der Waals surface area contributed by atoms with Crippen LogP contribution in [0.4, 0.5) is 0 Å². The van der Waals surface area contributed by atoms with E-state index >= 15 is 0 Å². The molecule has 1 amide bonds. The molecule has 2 rings (SSSR count). The maximum absolute atomic E-state index is 12.1. The molecule has 0 spiro atoms. The molecule has 1 aliphatic heterocycles. The van der Waals surface area contributed by atoms with Crippen molar-refractivity contribution in [3.63, 3.8) is 0 Å². The Bertz CT molecular complexity index is 479. The highest BCUT2D eigenvalue weighted by molar-refractivity contribution is 5.94. The van der Waals surface area contributed by atoms with Crippen LogP contribution < -0.4 is 10.1 Å². The Morgan fingerprint density at radius 3 is 2.54 bits per heavy atom. The molecule has 134 valence electrons. The lowest BCUT2D eigenvalue weighted by atomic mass is 10.1. The standard InChI is InChI=1S/C20H32N2O2/c1-17(2)11-16-24-19-9-7-18(8-10-19)20(23)21-12-6-15-22-13-4-3-5-14-22/h7-10,17H,3-6,11-16H2,1-2H3,(H,21,23). The summed E-state index contributed by atoms with van der Waals surface area (Å²) in [6.07, 6.45) is 6.06. The van der Waals surface area contributed by atoms with Crippen LogP contribution in [0.1, 0.15) is 56.3 Å². The Morgan fingerprint density at radius 1 is 1.17 bits per heavy atom. The number of rotatable bonds is 9. The minimum Gasteiger partial charge on any atom is -0.494 e. The van der Waals surface area contributed by atoms with Gasteiger partial charge in [0, 0.05) is 12.1 Å². The molecule has 1 N–H and O–H groups in total. The van der Waals surface area contributed by atoms with Gasteiger partial charge in [0.2, 0.25) is 0 Å². The van der Waals surface area contributed by atoms with Gasteiger partial charge in [0.1, 0.15) is 5.75 Å². The molecule has 0 bridgehead atoms. The molecule has 0 aromatic heterocycles. The SMILES string of the molecule is CC(C)CCOc1ccc(C(=O)NCCCN2CCCCC2)cc1. The number of carbonyl (C=O) groups excluding carboxylic acids is 1. The Labute approximate surface area is 146 Å². The van der Waals surface area contributed by atoms with Gasteiger partial charge in [-0.2, -0.15) is 0 Å². The van der Waals surface area contributed by atoms with Crippen LogP contribution in [0.5, 0.6) is 5.75 Å². The van der Waals surface area contributed by atoms with Crippen LogP contribution in [0.2, 0.25) is 0 Å². The van der Waals surface area contributed by atoms with Crippen LogP contribution in [0.3, 0.4) is 0 Å². The number of nitrogens with zero attached hydrogens (tertiary/aromatic N) is 1. The third-order valence-electron chi connectivity index (χ3n) is 4.47. The van der Waals surface area contributed by atoms with E-state index in [1.807, 2.05) is 24.3 Å². The average molecular weight is 332 g/mol. The molecule has 1 fully saturated rings. The summed E-state index contributed by atoms with van der Waals surface area (Å²) in [6.45, 7) is 9.34. The van der Waals surface area contributed by atoms with E-state index in [9.17, 15) is 4.79 Å². The van der Waals surface area contributed by atoms with E-state index in [0.717, 1.165) is 38.3 Å². The smallest absolute Gasteiger partial charge is 0.251 e. The van der Waals surface area contributed by atoms with Gasteiger partial charge >= 0.3 is 0 Å². The molecule has 0 saturated carbocycles. The molecule has 1 aromatic rings. The highest BCUT2D eigenvalue weighted by atomic mass is 16.5. The lowest BCUT2D eigenvalue weighted by Gasteiger charge is -2.26. The Hall–Kier alpha value is -1.55. The van der Waals surface area contributed by atoms with Crippen molar-refractivity contribution in [3.8, 4) is 5.75 Å². The molecule has 1 aromatic carbocycles. The van der Waals surface area contributed by atoms with Crippen LogP contribution in [-0.2, 0) is 0 Å². The summed E-state index contributed by atoms with van der Waals surface area (Å²) in [5, 5.41) is 3.01. The number of piperidine rings is 1. The van der Waals surface area contributed by atoms with Gasteiger partial charge in [-0.3, -0.25) is 4.79 Å². The topological polar surface area (TPSA) is 41.6 Å². The Kier molecular flexibility index (Phi) is 8.10. The number of nitrogens with one attached hydrogen (secondary N) is 1. The maximum Gasteiger partial charge on any atom is 0.251 e. The Morgan fingerprint density at radius 2 is 1.88 bits per heavy atom. The van der Waals surface area contributed by atoms with Crippen LogP contribution in [-0.4, -0.2) is 43.6 Å². The van der Waals surface area contributed by atoms with Gasteiger partial charge in [-0.25, -0.2) is 0 Å². The minimum absolute atomic E-state index is 0.00220. The van der Waals surface area contributed by atoms with E-state index in [1.165, 1.54) is 32.4 Å². The molecule has 1 heterocycles. The molecule has 0 atom stereocenters.